The molecule has 1 saturated carbocycles. The highest BCUT2D eigenvalue weighted by molar-refractivity contribution is 6.08. The highest BCUT2D eigenvalue weighted by Gasteiger charge is 2.24. The third-order valence-electron chi connectivity index (χ3n) is 4.58. The van der Waals surface area contributed by atoms with Gasteiger partial charge in [-0.15, -0.1) is 0 Å². The van der Waals surface area contributed by atoms with E-state index in [4.69, 9.17) is 4.74 Å². The molecule has 1 fully saturated rings. The highest BCUT2D eigenvalue weighted by atomic mass is 16.5. The van der Waals surface area contributed by atoms with Gasteiger partial charge < -0.3 is 15.4 Å². The number of fused-ring (bicyclic) bond motifs is 1. The summed E-state index contributed by atoms with van der Waals surface area (Å²) in [7, 11) is 0. The largest absolute Gasteiger partial charge is 0.488 e. The molecule has 26 heavy (non-hydrogen) atoms. The van der Waals surface area contributed by atoms with E-state index in [1.165, 1.54) is 0 Å². The molecule has 0 aromatic heterocycles. The van der Waals surface area contributed by atoms with Gasteiger partial charge in [0.2, 0.25) is 0 Å². The van der Waals surface area contributed by atoms with E-state index >= 15 is 0 Å². The first-order chi connectivity index (χ1) is 12.6. The fraction of sp³-hybridized carbons (Fsp3) is 0.238. The van der Waals surface area contributed by atoms with Gasteiger partial charge in [-0.2, -0.15) is 0 Å². The van der Waals surface area contributed by atoms with Gasteiger partial charge in [-0.05, 0) is 49.6 Å². The number of nitrogens with one attached hydrogen (secondary N) is 2. The van der Waals surface area contributed by atoms with Gasteiger partial charge in [-0.1, -0.05) is 24.3 Å². The van der Waals surface area contributed by atoms with Crippen LogP contribution >= 0.6 is 0 Å². The van der Waals surface area contributed by atoms with Crippen molar-refractivity contribution in [3.05, 3.63) is 64.7 Å². The zero-order chi connectivity index (χ0) is 18.1. The van der Waals surface area contributed by atoms with Crippen LogP contribution < -0.4 is 15.4 Å². The Kier molecular flexibility index (Phi) is 4.21. The second-order valence-electron chi connectivity index (χ2n) is 6.73. The molecular weight excluding hydrogens is 328 g/mol. The number of hydrogen-bond donors (Lipinski definition) is 2. The van der Waals surface area contributed by atoms with Crippen LogP contribution in [0.3, 0.4) is 0 Å². The predicted molar refractivity (Wildman–Crippen MR) is 100 cm³/mol. The Bertz CT molecular complexity index is 913. The van der Waals surface area contributed by atoms with Crippen molar-refractivity contribution in [3.8, 4) is 5.75 Å². The number of anilines is 1. The maximum Gasteiger partial charge on any atom is 0.255 e. The molecule has 0 radical (unpaired) electrons. The van der Waals surface area contributed by atoms with Crippen LogP contribution in [0.5, 0.6) is 5.75 Å². The van der Waals surface area contributed by atoms with Crippen LogP contribution in [0.15, 0.2) is 48.0 Å². The SMILES string of the molecule is Cc1ccc(C(=O)NC2CC2)cc1NC(=O)C1=Cc2ccccc2OC1. The first kappa shape index (κ1) is 16.4. The average molecular weight is 348 g/mol. The molecular formula is C21H20N2O3. The minimum absolute atomic E-state index is 0.0999. The second-order valence-corrected chi connectivity index (χ2v) is 6.73. The molecule has 0 spiro atoms. The number of amides is 2. The minimum Gasteiger partial charge on any atom is -0.488 e. The summed E-state index contributed by atoms with van der Waals surface area (Å²) in [4.78, 5) is 24.9. The number of benzene rings is 2. The van der Waals surface area contributed by atoms with Crippen molar-refractivity contribution < 1.29 is 14.3 Å². The van der Waals surface area contributed by atoms with E-state index in [1.807, 2.05) is 43.3 Å². The topological polar surface area (TPSA) is 67.4 Å². The van der Waals surface area contributed by atoms with E-state index in [0.29, 0.717) is 22.9 Å². The zero-order valence-electron chi connectivity index (χ0n) is 14.5. The standard InChI is InChI=1S/C21H20N2O3/c1-13-6-7-15(20(24)22-17-8-9-17)11-18(13)23-21(25)16-10-14-4-2-3-5-19(14)26-12-16/h2-7,10-11,17H,8-9,12H2,1H3,(H,22,24)(H,23,25). The molecule has 0 saturated heterocycles. The van der Waals surface area contributed by atoms with E-state index in [-0.39, 0.29) is 18.4 Å². The summed E-state index contributed by atoms with van der Waals surface area (Å²) < 4.78 is 5.64. The Balaban J connectivity index is 1.52. The Morgan fingerprint density at radius 3 is 2.69 bits per heavy atom. The molecule has 1 aliphatic heterocycles. The normalized spacial score (nSPS) is 15.3. The summed E-state index contributed by atoms with van der Waals surface area (Å²) in [6.07, 6.45) is 3.92. The number of rotatable bonds is 4. The maximum atomic E-state index is 12.6. The molecule has 2 aromatic rings. The first-order valence-electron chi connectivity index (χ1n) is 8.75. The summed E-state index contributed by atoms with van der Waals surface area (Å²) in [5.74, 6) is 0.457. The van der Waals surface area contributed by atoms with Gasteiger partial charge >= 0.3 is 0 Å². The van der Waals surface area contributed by atoms with Crippen molar-refractivity contribution in [3.63, 3.8) is 0 Å². The summed E-state index contributed by atoms with van der Waals surface area (Å²) >= 11 is 0. The number of ether oxygens (including phenoxy) is 1. The zero-order valence-corrected chi connectivity index (χ0v) is 14.5. The number of aryl methyl sites for hydroxylation is 1. The molecule has 0 bridgehead atoms. The lowest BCUT2D eigenvalue weighted by Crippen LogP contribution is -2.26. The molecule has 5 nitrogen and oxygen atoms in total. The van der Waals surface area contributed by atoms with Crippen molar-refractivity contribution in [2.24, 2.45) is 0 Å². The Labute approximate surface area is 152 Å². The van der Waals surface area contributed by atoms with Crippen LogP contribution in [0, 0.1) is 6.92 Å². The van der Waals surface area contributed by atoms with Crippen LogP contribution in [0.4, 0.5) is 5.69 Å². The highest BCUT2D eigenvalue weighted by Crippen LogP contribution is 2.27. The lowest BCUT2D eigenvalue weighted by atomic mass is 10.1. The lowest BCUT2D eigenvalue weighted by molar-refractivity contribution is -0.113. The number of hydrogen-bond acceptors (Lipinski definition) is 3. The Hall–Kier alpha value is -3.08. The maximum absolute atomic E-state index is 12.6. The molecule has 0 atom stereocenters. The summed E-state index contributed by atoms with van der Waals surface area (Å²) in [5.41, 5.74) is 3.53. The molecule has 2 N–H and O–H groups in total. The van der Waals surface area contributed by atoms with Gasteiger partial charge in [-0.3, -0.25) is 9.59 Å². The monoisotopic (exact) mass is 348 g/mol. The van der Waals surface area contributed by atoms with E-state index in [9.17, 15) is 9.59 Å². The summed E-state index contributed by atoms with van der Waals surface area (Å²) in [5, 5.41) is 5.87. The van der Waals surface area contributed by atoms with Crippen LogP contribution in [-0.2, 0) is 4.79 Å². The van der Waals surface area contributed by atoms with E-state index in [1.54, 1.807) is 12.1 Å². The third kappa shape index (κ3) is 3.47. The Morgan fingerprint density at radius 1 is 1.08 bits per heavy atom. The summed E-state index contributed by atoms with van der Waals surface area (Å²) in [6, 6.07) is 13.3. The van der Waals surface area contributed by atoms with Crippen LogP contribution in [0.1, 0.15) is 34.3 Å². The molecule has 2 aromatic carbocycles. The fourth-order valence-electron chi connectivity index (χ4n) is 2.84. The van der Waals surface area contributed by atoms with Gasteiger partial charge in [0.1, 0.15) is 12.4 Å². The van der Waals surface area contributed by atoms with Crippen molar-refractivity contribution in [2.45, 2.75) is 25.8 Å². The van der Waals surface area contributed by atoms with Crippen LogP contribution in [0.2, 0.25) is 0 Å². The quantitative estimate of drug-likeness (QED) is 0.891. The lowest BCUT2D eigenvalue weighted by Gasteiger charge is -2.18. The number of carbonyl (C=O) groups excluding carboxylic acids is 2. The first-order valence-corrected chi connectivity index (χ1v) is 8.75. The molecule has 1 heterocycles. The minimum atomic E-state index is -0.220. The molecule has 2 aliphatic rings. The van der Waals surface area contributed by atoms with Gasteiger partial charge in [0.05, 0.1) is 5.57 Å². The van der Waals surface area contributed by atoms with Gasteiger partial charge in [0.15, 0.2) is 0 Å². The van der Waals surface area contributed by atoms with Crippen LogP contribution in [0.25, 0.3) is 6.08 Å². The van der Waals surface area contributed by atoms with Crippen LogP contribution in [-0.4, -0.2) is 24.5 Å². The third-order valence-corrected chi connectivity index (χ3v) is 4.58. The molecule has 5 heteroatoms. The van der Waals surface area contributed by atoms with E-state index < -0.39 is 0 Å². The molecule has 4 rings (SSSR count). The number of carbonyl (C=O) groups is 2. The molecule has 0 unspecified atom stereocenters. The molecule has 2 amide bonds. The predicted octanol–water partition coefficient (Wildman–Crippen LogP) is 3.30. The summed E-state index contributed by atoms with van der Waals surface area (Å²) in [6.45, 7) is 2.13. The van der Waals surface area contributed by atoms with E-state index in [0.717, 1.165) is 29.7 Å². The van der Waals surface area contributed by atoms with Crippen molar-refractivity contribution >= 4 is 23.6 Å². The molecule has 132 valence electrons. The van der Waals surface area contributed by atoms with Gasteiger partial charge in [0.25, 0.3) is 11.8 Å². The smallest absolute Gasteiger partial charge is 0.255 e. The molecule has 1 aliphatic carbocycles. The fourth-order valence-corrected chi connectivity index (χ4v) is 2.84. The van der Waals surface area contributed by atoms with Crippen molar-refractivity contribution in [1.82, 2.24) is 5.32 Å². The van der Waals surface area contributed by atoms with E-state index in [2.05, 4.69) is 10.6 Å². The van der Waals surface area contributed by atoms with Gasteiger partial charge in [-0.25, -0.2) is 0 Å². The Morgan fingerprint density at radius 2 is 1.88 bits per heavy atom. The van der Waals surface area contributed by atoms with Crippen molar-refractivity contribution in [2.75, 3.05) is 11.9 Å². The average Bonchev–Trinajstić information content (AvgIpc) is 3.47. The number of para-hydroxylation sites is 1. The van der Waals surface area contributed by atoms with Gasteiger partial charge in [0, 0.05) is 22.9 Å². The second kappa shape index (κ2) is 6.67. The van der Waals surface area contributed by atoms with Crippen molar-refractivity contribution in [1.29, 1.82) is 0 Å².